The summed E-state index contributed by atoms with van der Waals surface area (Å²) in [4.78, 5) is 24.1. The molecule has 0 spiro atoms. The zero-order chi connectivity index (χ0) is 18.6. The molecule has 3 heteroatoms. The van der Waals surface area contributed by atoms with E-state index in [0.29, 0.717) is 16.5 Å². The van der Waals surface area contributed by atoms with Crippen molar-refractivity contribution in [2.24, 2.45) is 0 Å². The SMILES string of the molecule is O=C(/C=C/c1ccccc1)c1ccc(-c2ccc3c(=O)ccoc3c2)cc1. The zero-order valence-electron chi connectivity index (χ0n) is 14.5. The van der Waals surface area contributed by atoms with Crippen molar-refractivity contribution in [2.75, 3.05) is 0 Å². The molecule has 0 N–H and O–H groups in total. The molecule has 0 aliphatic rings. The fourth-order valence-electron chi connectivity index (χ4n) is 2.92. The number of benzene rings is 3. The Balaban J connectivity index is 1.58. The Kier molecular flexibility index (Phi) is 4.50. The summed E-state index contributed by atoms with van der Waals surface area (Å²) in [6, 6.07) is 24.0. The lowest BCUT2D eigenvalue weighted by atomic mass is 10.0. The molecule has 3 nitrogen and oxygen atoms in total. The Hall–Kier alpha value is -3.72. The lowest BCUT2D eigenvalue weighted by Crippen LogP contribution is -1.97. The molecule has 4 rings (SSSR count). The smallest absolute Gasteiger partial charge is 0.192 e. The molecule has 0 radical (unpaired) electrons. The fourth-order valence-corrected chi connectivity index (χ4v) is 2.92. The van der Waals surface area contributed by atoms with E-state index in [1.165, 1.54) is 12.3 Å². The zero-order valence-corrected chi connectivity index (χ0v) is 14.5. The Morgan fingerprint density at radius 1 is 0.815 bits per heavy atom. The molecule has 0 bridgehead atoms. The monoisotopic (exact) mass is 352 g/mol. The average Bonchev–Trinajstić information content (AvgIpc) is 2.73. The number of rotatable bonds is 4. The third-order valence-corrected chi connectivity index (χ3v) is 4.39. The van der Waals surface area contributed by atoms with Crippen LogP contribution in [0.25, 0.3) is 28.2 Å². The molecule has 0 saturated carbocycles. The molecule has 27 heavy (non-hydrogen) atoms. The summed E-state index contributed by atoms with van der Waals surface area (Å²) in [7, 11) is 0. The Labute approximate surface area is 156 Å². The van der Waals surface area contributed by atoms with Gasteiger partial charge in [0.25, 0.3) is 0 Å². The predicted octanol–water partition coefficient (Wildman–Crippen LogP) is 5.36. The van der Waals surface area contributed by atoms with Crippen LogP contribution in [0.15, 0.2) is 100 Å². The molecule has 130 valence electrons. The van der Waals surface area contributed by atoms with Gasteiger partial charge in [0.2, 0.25) is 0 Å². The summed E-state index contributed by atoms with van der Waals surface area (Å²) >= 11 is 0. The fraction of sp³-hybridized carbons (Fsp3) is 0. The second-order valence-electron chi connectivity index (χ2n) is 6.18. The van der Waals surface area contributed by atoms with Crippen molar-refractivity contribution in [3.63, 3.8) is 0 Å². The highest BCUT2D eigenvalue weighted by Crippen LogP contribution is 2.23. The van der Waals surface area contributed by atoms with Gasteiger partial charge in [0.1, 0.15) is 5.58 Å². The normalized spacial score (nSPS) is 11.1. The van der Waals surface area contributed by atoms with Crippen molar-refractivity contribution < 1.29 is 9.21 Å². The van der Waals surface area contributed by atoms with Gasteiger partial charge in [0.15, 0.2) is 11.2 Å². The molecular formula is C24H16O3. The Bertz CT molecular complexity index is 1180. The molecule has 0 unspecified atom stereocenters. The number of allylic oxidation sites excluding steroid dienone is 1. The van der Waals surface area contributed by atoms with Crippen molar-refractivity contribution in [1.82, 2.24) is 0 Å². The van der Waals surface area contributed by atoms with Crippen LogP contribution in [-0.2, 0) is 0 Å². The summed E-state index contributed by atoms with van der Waals surface area (Å²) in [6.45, 7) is 0. The molecule has 4 aromatic rings. The van der Waals surface area contributed by atoms with Crippen LogP contribution in [0.3, 0.4) is 0 Å². The van der Waals surface area contributed by atoms with E-state index in [4.69, 9.17) is 4.42 Å². The van der Waals surface area contributed by atoms with Crippen LogP contribution in [0.4, 0.5) is 0 Å². The number of hydrogen-bond acceptors (Lipinski definition) is 3. The van der Waals surface area contributed by atoms with Gasteiger partial charge in [-0.2, -0.15) is 0 Å². The van der Waals surface area contributed by atoms with Crippen LogP contribution in [0.1, 0.15) is 15.9 Å². The van der Waals surface area contributed by atoms with E-state index in [0.717, 1.165) is 16.7 Å². The topological polar surface area (TPSA) is 47.3 Å². The highest BCUT2D eigenvalue weighted by molar-refractivity contribution is 6.07. The molecule has 3 aromatic carbocycles. The number of fused-ring (bicyclic) bond motifs is 1. The summed E-state index contributed by atoms with van der Waals surface area (Å²) in [5.74, 6) is -0.0464. The van der Waals surface area contributed by atoms with Crippen LogP contribution in [0.2, 0.25) is 0 Å². The van der Waals surface area contributed by atoms with Crippen LogP contribution in [0, 0.1) is 0 Å². The van der Waals surface area contributed by atoms with E-state index in [2.05, 4.69) is 0 Å². The van der Waals surface area contributed by atoms with Crippen molar-refractivity contribution in [2.45, 2.75) is 0 Å². The maximum Gasteiger partial charge on any atom is 0.192 e. The minimum atomic E-state index is -0.0612. The summed E-state index contributed by atoms with van der Waals surface area (Å²) in [5, 5.41) is 0.555. The van der Waals surface area contributed by atoms with Gasteiger partial charge in [0, 0.05) is 11.6 Å². The highest BCUT2D eigenvalue weighted by atomic mass is 16.3. The molecule has 0 aliphatic carbocycles. The Morgan fingerprint density at radius 3 is 2.33 bits per heavy atom. The summed E-state index contributed by atoms with van der Waals surface area (Å²) < 4.78 is 5.43. The average molecular weight is 352 g/mol. The summed E-state index contributed by atoms with van der Waals surface area (Å²) in [5.41, 5.74) is 3.97. The first-order chi connectivity index (χ1) is 13.2. The van der Waals surface area contributed by atoms with Crippen LogP contribution in [-0.4, -0.2) is 5.78 Å². The van der Waals surface area contributed by atoms with Crippen molar-refractivity contribution in [1.29, 1.82) is 0 Å². The van der Waals surface area contributed by atoms with E-state index in [1.54, 1.807) is 24.3 Å². The first kappa shape index (κ1) is 16.7. The molecule has 0 amide bonds. The highest BCUT2D eigenvalue weighted by Gasteiger charge is 2.06. The largest absolute Gasteiger partial charge is 0.464 e. The summed E-state index contributed by atoms with van der Waals surface area (Å²) in [6.07, 6.45) is 4.78. The van der Waals surface area contributed by atoms with E-state index >= 15 is 0 Å². The van der Waals surface area contributed by atoms with Crippen molar-refractivity contribution in [3.05, 3.63) is 113 Å². The van der Waals surface area contributed by atoms with Gasteiger partial charge in [-0.15, -0.1) is 0 Å². The lowest BCUT2D eigenvalue weighted by Gasteiger charge is -2.04. The van der Waals surface area contributed by atoms with E-state index in [-0.39, 0.29) is 11.2 Å². The van der Waals surface area contributed by atoms with Crippen molar-refractivity contribution >= 4 is 22.8 Å². The number of carbonyl (C=O) groups is 1. The number of ketones is 1. The van der Waals surface area contributed by atoms with Crippen LogP contribution >= 0.6 is 0 Å². The molecule has 0 atom stereocenters. The predicted molar refractivity (Wildman–Crippen MR) is 108 cm³/mol. The Morgan fingerprint density at radius 2 is 1.56 bits per heavy atom. The lowest BCUT2D eigenvalue weighted by molar-refractivity contribution is 0.104. The van der Waals surface area contributed by atoms with Gasteiger partial charge in [-0.25, -0.2) is 0 Å². The first-order valence-corrected chi connectivity index (χ1v) is 8.60. The van der Waals surface area contributed by atoms with Crippen molar-refractivity contribution in [3.8, 4) is 11.1 Å². The first-order valence-electron chi connectivity index (χ1n) is 8.60. The van der Waals surface area contributed by atoms with Crippen LogP contribution < -0.4 is 5.43 Å². The third-order valence-electron chi connectivity index (χ3n) is 4.39. The molecule has 0 fully saturated rings. The van der Waals surface area contributed by atoms with Gasteiger partial charge in [0.05, 0.1) is 11.6 Å². The third kappa shape index (κ3) is 3.62. The molecular weight excluding hydrogens is 336 g/mol. The van der Waals surface area contributed by atoms with E-state index in [9.17, 15) is 9.59 Å². The van der Waals surface area contributed by atoms with E-state index < -0.39 is 0 Å². The van der Waals surface area contributed by atoms with Gasteiger partial charge in [-0.3, -0.25) is 9.59 Å². The standard InChI is InChI=1S/C24H16O3/c25-22(13-6-17-4-2-1-3-5-17)19-9-7-18(8-10-19)20-11-12-21-23(26)14-15-27-24(21)16-20/h1-16H/b13-6+. The van der Waals surface area contributed by atoms with E-state index in [1.807, 2.05) is 60.7 Å². The maximum atomic E-state index is 12.3. The molecule has 0 aliphatic heterocycles. The molecule has 1 heterocycles. The minimum absolute atomic E-state index is 0.0464. The van der Waals surface area contributed by atoms with Gasteiger partial charge in [-0.05, 0) is 34.9 Å². The quantitative estimate of drug-likeness (QED) is 0.367. The van der Waals surface area contributed by atoms with Crippen LogP contribution in [0.5, 0.6) is 0 Å². The number of hydrogen-bond donors (Lipinski definition) is 0. The maximum absolute atomic E-state index is 12.3. The van der Waals surface area contributed by atoms with Gasteiger partial charge >= 0.3 is 0 Å². The second-order valence-corrected chi connectivity index (χ2v) is 6.18. The van der Waals surface area contributed by atoms with Gasteiger partial charge in [-0.1, -0.05) is 66.7 Å². The van der Waals surface area contributed by atoms with Gasteiger partial charge < -0.3 is 4.42 Å². The second kappa shape index (κ2) is 7.26. The number of carbonyl (C=O) groups excluding carboxylic acids is 1. The molecule has 0 saturated heterocycles. The minimum Gasteiger partial charge on any atom is -0.464 e. The molecule has 1 aromatic heterocycles.